The van der Waals surface area contributed by atoms with Gasteiger partial charge in [0, 0.05) is 6.54 Å². The van der Waals surface area contributed by atoms with Gasteiger partial charge < -0.3 is 14.7 Å². The van der Waals surface area contributed by atoms with Crippen LogP contribution in [-0.4, -0.2) is 62.9 Å². The summed E-state index contributed by atoms with van der Waals surface area (Å²) in [5.74, 6) is -0.629. The zero-order valence-corrected chi connectivity index (χ0v) is 14.1. The number of aliphatic hydroxyl groups is 1. The van der Waals surface area contributed by atoms with Crippen LogP contribution < -0.4 is 4.72 Å². The lowest BCUT2D eigenvalue weighted by atomic mass is 10.1. The Hall–Kier alpha value is -1.06. The molecule has 0 saturated carbocycles. The van der Waals surface area contributed by atoms with E-state index in [1.54, 1.807) is 0 Å². The number of hydrogen-bond donors (Lipinski definition) is 2. The van der Waals surface area contributed by atoms with E-state index in [1.807, 2.05) is 13.8 Å². The molecule has 2 N–H and O–H groups in total. The van der Waals surface area contributed by atoms with E-state index < -0.39 is 34.1 Å². The highest BCUT2D eigenvalue weighted by atomic mass is 32.2. The van der Waals surface area contributed by atoms with E-state index in [1.165, 1.54) is 18.2 Å². The molecule has 3 atom stereocenters. The van der Waals surface area contributed by atoms with Crippen LogP contribution in [0.2, 0.25) is 0 Å². The summed E-state index contributed by atoms with van der Waals surface area (Å²) >= 11 is 0. The van der Waals surface area contributed by atoms with Crippen LogP contribution >= 0.6 is 0 Å². The topological polar surface area (TPSA) is 78.9 Å². The molecule has 1 aliphatic heterocycles. The predicted molar refractivity (Wildman–Crippen MR) is 84.0 cm³/mol. The highest BCUT2D eigenvalue weighted by molar-refractivity contribution is 7.89. The fourth-order valence-electron chi connectivity index (χ4n) is 2.59. The van der Waals surface area contributed by atoms with Gasteiger partial charge in [-0.2, -0.15) is 0 Å². The summed E-state index contributed by atoms with van der Waals surface area (Å²) in [5.41, 5.74) is 0. The molecule has 2 rings (SSSR count). The minimum absolute atomic E-state index is 0.0850. The molecule has 0 spiro atoms. The molecule has 1 heterocycles. The number of benzene rings is 1. The number of sulfonamides is 1. The van der Waals surface area contributed by atoms with Crippen LogP contribution in [0.4, 0.5) is 4.39 Å². The Morgan fingerprint density at radius 1 is 1.39 bits per heavy atom. The molecule has 0 aromatic heterocycles. The summed E-state index contributed by atoms with van der Waals surface area (Å²) in [6, 6.07) is 4.00. The molecule has 6 nitrogen and oxygen atoms in total. The summed E-state index contributed by atoms with van der Waals surface area (Å²) in [5, 5.41) is 10.3. The van der Waals surface area contributed by atoms with Crippen molar-refractivity contribution < 1.29 is 22.7 Å². The molecule has 0 radical (unpaired) electrons. The van der Waals surface area contributed by atoms with E-state index in [4.69, 9.17) is 4.74 Å². The summed E-state index contributed by atoms with van der Waals surface area (Å²) in [4.78, 5) is 1.93. The lowest BCUT2D eigenvalue weighted by Gasteiger charge is -2.24. The van der Waals surface area contributed by atoms with Gasteiger partial charge in [-0.3, -0.25) is 0 Å². The third kappa shape index (κ3) is 4.48. The third-order valence-corrected chi connectivity index (χ3v) is 5.52. The van der Waals surface area contributed by atoms with E-state index >= 15 is 0 Å². The summed E-state index contributed by atoms with van der Waals surface area (Å²) in [6.45, 7) is 6.28. The SMILES string of the molecule is CCN(CC)C[C@@H]1OC[C@H](NS(=O)(=O)c2cccc(F)c2)[C@H]1O. The van der Waals surface area contributed by atoms with Crippen molar-refractivity contribution in [2.75, 3.05) is 26.2 Å². The number of nitrogens with one attached hydrogen (secondary N) is 1. The van der Waals surface area contributed by atoms with E-state index in [2.05, 4.69) is 9.62 Å². The normalized spacial score (nSPS) is 25.2. The van der Waals surface area contributed by atoms with Gasteiger partial charge >= 0.3 is 0 Å². The fraction of sp³-hybridized carbons (Fsp3) is 0.600. The molecular formula is C15H23FN2O4S. The van der Waals surface area contributed by atoms with Crippen molar-refractivity contribution in [2.24, 2.45) is 0 Å². The number of ether oxygens (including phenoxy) is 1. The van der Waals surface area contributed by atoms with Crippen LogP contribution in [0.3, 0.4) is 0 Å². The highest BCUT2D eigenvalue weighted by Crippen LogP contribution is 2.19. The Kier molecular flexibility index (Phi) is 6.10. The average Bonchev–Trinajstić information content (AvgIpc) is 2.85. The number of aliphatic hydroxyl groups excluding tert-OH is 1. The fourth-order valence-corrected chi connectivity index (χ4v) is 3.85. The van der Waals surface area contributed by atoms with Gasteiger partial charge in [0.05, 0.1) is 29.8 Å². The van der Waals surface area contributed by atoms with Gasteiger partial charge in [0.15, 0.2) is 0 Å². The van der Waals surface area contributed by atoms with Gasteiger partial charge in [-0.25, -0.2) is 17.5 Å². The Labute approximate surface area is 136 Å². The summed E-state index contributed by atoms with van der Waals surface area (Å²) < 4.78 is 45.7. The zero-order valence-electron chi connectivity index (χ0n) is 13.3. The Balaban J connectivity index is 2.03. The van der Waals surface area contributed by atoms with Crippen molar-refractivity contribution >= 4 is 10.0 Å². The quantitative estimate of drug-likeness (QED) is 0.755. The van der Waals surface area contributed by atoms with Crippen molar-refractivity contribution in [1.29, 1.82) is 0 Å². The standard InChI is InChI=1S/C15H23FN2O4S/c1-3-18(4-2)9-14-15(19)13(10-22-14)17-23(20,21)12-7-5-6-11(16)8-12/h5-8,13-15,17,19H,3-4,9-10H2,1-2H3/t13-,14-,15+/m0/s1. The minimum Gasteiger partial charge on any atom is -0.389 e. The van der Waals surface area contributed by atoms with Gasteiger partial charge in [0.1, 0.15) is 5.82 Å². The monoisotopic (exact) mass is 346 g/mol. The summed E-state index contributed by atoms with van der Waals surface area (Å²) in [7, 11) is -3.91. The maximum atomic E-state index is 13.2. The van der Waals surface area contributed by atoms with E-state index in [9.17, 15) is 17.9 Å². The first-order valence-corrected chi connectivity index (χ1v) is 9.15. The van der Waals surface area contributed by atoms with Gasteiger partial charge in [0.25, 0.3) is 0 Å². The van der Waals surface area contributed by atoms with Gasteiger partial charge in [-0.05, 0) is 31.3 Å². The smallest absolute Gasteiger partial charge is 0.241 e. The first-order chi connectivity index (χ1) is 10.9. The first kappa shape index (κ1) is 18.3. The lowest BCUT2D eigenvalue weighted by molar-refractivity contribution is 0.0175. The molecule has 0 aliphatic carbocycles. The first-order valence-electron chi connectivity index (χ1n) is 7.67. The van der Waals surface area contributed by atoms with Crippen molar-refractivity contribution in [3.63, 3.8) is 0 Å². The van der Waals surface area contributed by atoms with Crippen LogP contribution in [0.25, 0.3) is 0 Å². The second kappa shape index (κ2) is 7.67. The molecule has 1 aromatic carbocycles. The largest absolute Gasteiger partial charge is 0.389 e. The van der Waals surface area contributed by atoms with Crippen molar-refractivity contribution in [2.45, 2.75) is 37.0 Å². The molecule has 1 fully saturated rings. The summed E-state index contributed by atoms with van der Waals surface area (Å²) in [6.07, 6.45) is -1.39. The van der Waals surface area contributed by atoms with Crippen LogP contribution in [0.15, 0.2) is 29.2 Å². The lowest BCUT2D eigenvalue weighted by Crippen LogP contribution is -2.46. The number of nitrogens with zero attached hydrogens (tertiary/aromatic N) is 1. The molecule has 130 valence electrons. The number of likely N-dealkylation sites (N-methyl/N-ethyl adjacent to an activating group) is 1. The van der Waals surface area contributed by atoms with E-state index in [-0.39, 0.29) is 11.5 Å². The zero-order chi connectivity index (χ0) is 17.0. The van der Waals surface area contributed by atoms with Crippen LogP contribution in [0, 0.1) is 5.82 Å². The van der Waals surface area contributed by atoms with Crippen molar-refractivity contribution in [1.82, 2.24) is 9.62 Å². The molecular weight excluding hydrogens is 323 g/mol. The molecule has 8 heteroatoms. The Morgan fingerprint density at radius 3 is 2.70 bits per heavy atom. The van der Waals surface area contributed by atoms with Crippen molar-refractivity contribution in [3.05, 3.63) is 30.1 Å². The minimum atomic E-state index is -3.91. The number of hydrogen-bond acceptors (Lipinski definition) is 5. The molecule has 1 aromatic rings. The highest BCUT2D eigenvalue weighted by Gasteiger charge is 2.38. The molecule has 0 unspecified atom stereocenters. The number of rotatable bonds is 7. The van der Waals surface area contributed by atoms with Crippen molar-refractivity contribution in [3.8, 4) is 0 Å². The van der Waals surface area contributed by atoms with Gasteiger partial charge in [-0.1, -0.05) is 19.9 Å². The molecule has 1 aliphatic rings. The molecule has 0 amide bonds. The number of halogens is 1. The predicted octanol–water partition coefficient (Wildman–Crippen LogP) is 0.574. The third-order valence-electron chi connectivity index (χ3n) is 4.03. The van der Waals surface area contributed by atoms with Crippen LogP contribution in [0.1, 0.15) is 13.8 Å². The van der Waals surface area contributed by atoms with Gasteiger partial charge in [-0.15, -0.1) is 0 Å². The molecule has 0 bridgehead atoms. The van der Waals surface area contributed by atoms with E-state index in [0.29, 0.717) is 6.54 Å². The van der Waals surface area contributed by atoms with Crippen LogP contribution in [-0.2, 0) is 14.8 Å². The average molecular weight is 346 g/mol. The molecule has 23 heavy (non-hydrogen) atoms. The van der Waals surface area contributed by atoms with Crippen LogP contribution in [0.5, 0.6) is 0 Å². The van der Waals surface area contributed by atoms with Gasteiger partial charge in [0.2, 0.25) is 10.0 Å². The second-order valence-electron chi connectivity index (χ2n) is 5.53. The van der Waals surface area contributed by atoms with E-state index in [0.717, 1.165) is 19.2 Å². The Morgan fingerprint density at radius 2 is 2.09 bits per heavy atom. The second-order valence-corrected chi connectivity index (χ2v) is 7.25. The maximum absolute atomic E-state index is 13.2. The Bertz CT molecular complexity index is 622. The maximum Gasteiger partial charge on any atom is 0.241 e. The molecule has 1 saturated heterocycles.